The van der Waals surface area contributed by atoms with Gasteiger partial charge in [-0.15, -0.1) is 0 Å². The van der Waals surface area contributed by atoms with E-state index in [4.69, 9.17) is 14.2 Å². The molecule has 2 amide bonds. The van der Waals surface area contributed by atoms with Crippen LogP contribution < -0.4 is 10.1 Å². The summed E-state index contributed by atoms with van der Waals surface area (Å²) in [5.74, 6) is -6.57. The van der Waals surface area contributed by atoms with Gasteiger partial charge >= 0.3 is 5.97 Å². The lowest BCUT2D eigenvalue weighted by Gasteiger charge is -2.23. The molecule has 2 aliphatic heterocycles. The second kappa shape index (κ2) is 8.28. The van der Waals surface area contributed by atoms with Crippen LogP contribution >= 0.6 is 0 Å². The number of fused-ring (bicyclic) bond motifs is 3. The minimum atomic E-state index is -3.24. The van der Waals surface area contributed by atoms with Crippen LogP contribution in [0.3, 0.4) is 0 Å². The quantitative estimate of drug-likeness (QED) is 0.662. The molecule has 2 aromatic rings. The Bertz CT molecular complexity index is 1230. The molecule has 11 heteroatoms. The first-order valence-corrected chi connectivity index (χ1v) is 10.9. The third-order valence-corrected chi connectivity index (χ3v) is 6.59. The molecule has 2 N–H and O–H groups in total. The van der Waals surface area contributed by atoms with E-state index in [0.29, 0.717) is 24.5 Å². The van der Waals surface area contributed by atoms with Crippen molar-refractivity contribution in [2.75, 3.05) is 33.4 Å². The molecule has 0 aromatic heterocycles. The number of carbonyl (C=O) groups excluding carboxylic acids is 2. The number of ether oxygens (including phenoxy) is 3. The molecule has 1 spiro atoms. The van der Waals surface area contributed by atoms with Gasteiger partial charge in [0.2, 0.25) is 5.91 Å². The van der Waals surface area contributed by atoms with Crippen molar-refractivity contribution in [3.05, 3.63) is 53.1 Å². The lowest BCUT2D eigenvalue weighted by atomic mass is 10.0. The zero-order valence-electron chi connectivity index (χ0n) is 18.7. The van der Waals surface area contributed by atoms with Gasteiger partial charge in [0.25, 0.3) is 11.8 Å². The number of nitrogens with zero attached hydrogens (tertiary/aromatic N) is 1. The van der Waals surface area contributed by atoms with E-state index in [-0.39, 0.29) is 35.2 Å². The van der Waals surface area contributed by atoms with Crippen LogP contribution in [-0.2, 0) is 25.0 Å². The largest absolute Gasteiger partial charge is 0.497 e. The maximum atomic E-state index is 15.0. The Kier molecular flexibility index (Phi) is 5.48. The van der Waals surface area contributed by atoms with Gasteiger partial charge in [0.1, 0.15) is 11.8 Å². The number of hydrogen-bond donors (Lipinski definition) is 2. The third kappa shape index (κ3) is 3.80. The van der Waals surface area contributed by atoms with E-state index < -0.39 is 42.1 Å². The average Bonchev–Trinajstić information content (AvgIpc) is 3.53. The van der Waals surface area contributed by atoms with E-state index in [9.17, 15) is 28.3 Å². The van der Waals surface area contributed by atoms with E-state index in [1.807, 2.05) is 0 Å². The number of benzene rings is 2. The Morgan fingerprint density at radius 1 is 1.11 bits per heavy atom. The standard InChI is InChI=1S/C24H22F2N2O7/c1-33-14-3-4-15-16-8-13(2-5-17(16)24(25,26)18(15)9-14)21(30)27-11-20(29)28-12-23(34-6-7-35-23)10-19(28)22(31)32/h2-5,8-9,19H,6-7,10-12H2,1H3,(H,27,30)(H,31,32)/t19-/m0/s1. The normalized spacial score (nSPS) is 21.0. The molecule has 2 heterocycles. The van der Waals surface area contributed by atoms with Crippen molar-refractivity contribution in [3.63, 3.8) is 0 Å². The molecule has 184 valence electrons. The lowest BCUT2D eigenvalue weighted by Crippen LogP contribution is -2.46. The maximum absolute atomic E-state index is 15.0. The molecule has 0 saturated carbocycles. The monoisotopic (exact) mass is 488 g/mol. The summed E-state index contributed by atoms with van der Waals surface area (Å²) in [6.45, 7) is 0.0728. The van der Waals surface area contributed by atoms with Gasteiger partial charge in [0.05, 0.1) is 33.4 Å². The number of carbonyl (C=O) groups is 3. The van der Waals surface area contributed by atoms with Gasteiger partial charge in [-0.3, -0.25) is 9.59 Å². The zero-order chi connectivity index (χ0) is 25.0. The Balaban J connectivity index is 1.32. The van der Waals surface area contributed by atoms with Crippen LogP contribution in [0, 0.1) is 0 Å². The summed E-state index contributed by atoms with van der Waals surface area (Å²) >= 11 is 0. The van der Waals surface area contributed by atoms with Gasteiger partial charge in [-0.1, -0.05) is 12.1 Å². The van der Waals surface area contributed by atoms with Crippen molar-refractivity contribution in [2.24, 2.45) is 0 Å². The predicted octanol–water partition coefficient (Wildman–Crippen LogP) is 1.97. The first-order chi connectivity index (χ1) is 16.6. The molecule has 2 saturated heterocycles. The van der Waals surface area contributed by atoms with Crippen LogP contribution in [0.5, 0.6) is 5.75 Å². The fourth-order valence-electron chi connectivity index (χ4n) is 4.86. The number of aliphatic carboxylic acids is 1. The minimum Gasteiger partial charge on any atom is -0.497 e. The summed E-state index contributed by atoms with van der Waals surface area (Å²) in [6, 6.07) is 7.02. The zero-order valence-corrected chi connectivity index (χ0v) is 18.7. The number of carboxylic acid groups (broad SMARTS) is 1. The summed E-state index contributed by atoms with van der Waals surface area (Å²) in [5.41, 5.74) is 0.163. The molecule has 9 nitrogen and oxygen atoms in total. The molecule has 0 unspecified atom stereocenters. The van der Waals surface area contributed by atoms with Gasteiger partial charge in [-0.2, -0.15) is 8.78 Å². The fraction of sp³-hybridized carbons (Fsp3) is 0.375. The predicted molar refractivity (Wildman–Crippen MR) is 116 cm³/mol. The Morgan fingerprint density at radius 3 is 2.54 bits per heavy atom. The highest BCUT2D eigenvalue weighted by Gasteiger charge is 2.52. The highest BCUT2D eigenvalue weighted by Crippen LogP contribution is 2.52. The molecular formula is C24H22F2N2O7. The first kappa shape index (κ1) is 23.2. The molecule has 5 rings (SSSR count). The fourth-order valence-corrected chi connectivity index (χ4v) is 4.86. The maximum Gasteiger partial charge on any atom is 0.326 e. The van der Waals surface area contributed by atoms with E-state index in [0.717, 1.165) is 4.90 Å². The molecule has 3 aliphatic rings. The molecule has 1 atom stereocenters. The van der Waals surface area contributed by atoms with Crippen molar-refractivity contribution < 1.29 is 42.5 Å². The highest BCUT2D eigenvalue weighted by molar-refractivity contribution is 5.99. The van der Waals surface area contributed by atoms with Gasteiger partial charge < -0.3 is 29.5 Å². The van der Waals surface area contributed by atoms with Crippen molar-refractivity contribution in [2.45, 2.75) is 24.2 Å². The Hall–Kier alpha value is -3.57. The van der Waals surface area contributed by atoms with Gasteiger partial charge in [0.15, 0.2) is 5.79 Å². The molecule has 2 fully saturated rings. The molecule has 2 aromatic carbocycles. The van der Waals surface area contributed by atoms with E-state index in [1.165, 1.54) is 37.4 Å². The summed E-state index contributed by atoms with van der Waals surface area (Å²) < 4.78 is 46.0. The second-order valence-corrected chi connectivity index (χ2v) is 8.62. The Labute approximate surface area is 198 Å². The highest BCUT2D eigenvalue weighted by atomic mass is 19.3. The number of alkyl halides is 2. The van der Waals surface area contributed by atoms with E-state index in [2.05, 4.69) is 5.32 Å². The SMILES string of the molecule is COc1ccc2c(c1)C(F)(F)c1ccc(C(=O)NCC(=O)N3CC4(C[C@H]3C(=O)O)OCCO4)cc1-2. The summed E-state index contributed by atoms with van der Waals surface area (Å²) in [4.78, 5) is 38.3. The lowest BCUT2D eigenvalue weighted by molar-refractivity contribution is -0.152. The van der Waals surface area contributed by atoms with Gasteiger partial charge in [0, 0.05) is 23.1 Å². The van der Waals surface area contributed by atoms with Crippen molar-refractivity contribution in [3.8, 4) is 16.9 Å². The van der Waals surface area contributed by atoms with Gasteiger partial charge in [-0.25, -0.2) is 4.79 Å². The Morgan fingerprint density at radius 2 is 1.86 bits per heavy atom. The van der Waals surface area contributed by atoms with Crippen molar-refractivity contribution in [1.82, 2.24) is 10.2 Å². The topological polar surface area (TPSA) is 114 Å². The number of rotatable bonds is 5. The second-order valence-electron chi connectivity index (χ2n) is 8.62. The van der Waals surface area contributed by atoms with E-state index in [1.54, 1.807) is 6.07 Å². The number of carboxylic acids is 1. The molecule has 0 bridgehead atoms. The summed E-state index contributed by atoms with van der Waals surface area (Å²) in [6.07, 6.45) is -0.00868. The number of likely N-dealkylation sites (tertiary alicyclic amines) is 1. The van der Waals surface area contributed by atoms with Crippen LogP contribution in [-0.4, -0.2) is 73.0 Å². The molecule has 35 heavy (non-hydrogen) atoms. The van der Waals surface area contributed by atoms with Crippen LogP contribution in [0.4, 0.5) is 8.78 Å². The van der Waals surface area contributed by atoms with Crippen LogP contribution in [0.25, 0.3) is 11.1 Å². The number of hydrogen-bond acceptors (Lipinski definition) is 6. The van der Waals surface area contributed by atoms with Crippen LogP contribution in [0.2, 0.25) is 0 Å². The van der Waals surface area contributed by atoms with Crippen LogP contribution in [0.1, 0.15) is 27.9 Å². The third-order valence-electron chi connectivity index (χ3n) is 6.59. The molecular weight excluding hydrogens is 466 g/mol. The van der Waals surface area contributed by atoms with Crippen LogP contribution in [0.15, 0.2) is 36.4 Å². The number of amides is 2. The minimum absolute atomic E-state index is 0.00868. The first-order valence-electron chi connectivity index (χ1n) is 10.9. The average molecular weight is 488 g/mol. The van der Waals surface area contributed by atoms with Crippen molar-refractivity contribution >= 4 is 17.8 Å². The number of halogens is 2. The number of nitrogens with one attached hydrogen (secondary N) is 1. The number of methoxy groups -OCH3 is 1. The molecule has 0 radical (unpaired) electrons. The smallest absolute Gasteiger partial charge is 0.326 e. The summed E-state index contributed by atoms with van der Waals surface area (Å²) in [5, 5.41) is 12.0. The van der Waals surface area contributed by atoms with Gasteiger partial charge in [-0.05, 0) is 35.4 Å². The van der Waals surface area contributed by atoms with E-state index >= 15 is 0 Å². The summed E-state index contributed by atoms with van der Waals surface area (Å²) in [7, 11) is 1.39. The van der Waals surface area contributed by atoms with Crippen molar-refractivity contribution in [1.29, 1.82) is 0 Å². The molecule has 1 aliphatic carbocycles.